The minimum Gasteiger partial charge on any atom is -0.449 e. The number of hydrogen-bond acceptors (Lipinski definition) is 4. The molecule has 1 unspecified atom stereocenters. The Morgan fingerprint density at radius 3 is 2.36 bits per heavy atom. The molecule has 1 amide bonds. The predicted octanol–water partition coefficient (Wildman–Crippen LogP) is 2.72. The highest BCUT2D eigenvalue weighted by molar-refractivity contribution is 5.90. The maximum absolute atomic E-state index is 12.9. The number of halogens is 1. The number of nitrogens with zero attached hydrogens (tertiary/aromatic N) is 1. The number of esters is 1. The molecule has 116 valence electrons. The van der Waals surface area contributed by atoms with Crippen LogP contribution in [0.2, 0.25) is 0 Å². The van der Waals surface area contributed by atoms with Gasteiger partial charge in [0.2, 0.25) is 5.76 Å². The highest BCUT2D eigenvalue weighted by Crippen LogP contribution is 2.23. The molecule has 0 aliphatic rings. The van der Waals surface area contributed by atoms with Crippen molar-refractivity contribution < 1.29 is 23.1 Å². The number of benzene rings is 1. The summed E-state index contributed by atoms with van der Waals surface area (Å²) in [5, 5.41) is 0. The van der Waals surface area contributed by atoms with E-state index < -0.39 is 12.1 Å². The molecule has 0 aliphatic carbocycles. The minimum atomic E-state index is -0.901. The van der Waals surface area contributed by atoms with Gasteiger partial charge in [-0.15, -0.1) is 0 Å². The van der Waals surface area contributed by atoms with Crippen molar-refractivity contribution in [3.8, 4) is 11.3 Å². The maximum Gasteiger partial charge on any atom is 0.375 e. The fourth-order valence-electron chi connectivity index (χ4n) is 1.85. The maximum atomic E-state index is 12.9. The van der Waals surface area contributed by atoms with E-state index in [0.717, 1.165) is 0 Å². The van der Waals surface area contributed by atoms with E-state index >= 15 is 0 Å². The number of furan rings is 1. The number of rotatable bonds is 4. The summed E-state index contributed by atoms with van der Waals surface area (Å²) >= 11 is 0. The fraction of sp³-hybridized carbons (Fsp3) is 0.250. The first-order valence-corrected chi connectivity index (χ1v) is 6.66. The molecule has 0 bridgehead atoms. The van der Waals surface area contributed by atoms with E-state index in [1.807, 2.05) is 0 Å². The minimum absolute atomic E-state index is 0.0160. The first kappa shape index (κ1) is 15.8. The van der Waals surface area contributed by atoms with Crippen LogP contribution < -0.4 is 0 Å². The van der Waals surface area contributed by atoms with Gasteiger partial charge in [-0.25, -0.2) is 9.18 Å². The second-order valence-electron chi connectivity index (χ2n) is 4.95. The van der Waals surface area contributed by atoms with Gasteiger partial charge in [-0.3, -0.25) is 4.79 Å². The van der Waals surface area contributed by atoms with Crippen molar-refractivity contribution in [2.75, 3.05) is 14.1 Å². The molecule has 0 N–H and O–H groups in total. The molecule has 0 aliphatic heterocycles. The van der Waals surface area contributed by atoms with Crippen molar-refractivity contribution in [3.63, 3.8) is 0 Å². The van der Waals surface area contributed by atoms with Crippen LogP contribution in [-0.2, 0) is 9.53 Å². The monoisotopic (exact) mass is 305 g/mol. The van der Waals surface area contributed by atoms with Crippen LogP contribution in [0, 0.1) is 5.82 Å². The molecule has 0 saturated carbocycles. The van der Waals surface area contributed by atoms with Crippen molar-refractivity contribution in [1.29, 1.82) is 0 Å². The number of carbonyl (C=O) groups is 2. The lowest BCUT2D eigenvalue weighted by molar-refractivity contribution is -0.137. The van der Waals surface area contributed by atoms with Crippen LogP contribution >= 0.6 is 0 Å². The first-order chi connectivity index (χ1) is 10.4. The number of likely N-dealkylation sites (N-methyl/N-ethyl adjacent to an activating group) is 1. The molecule has 0 spiro atoms. The van der Waals surface area contributed by atoms with Crippen LogP contribution in [0.5, 0.6) is 0 Å². The fourth-order valence-corrected chi connectivity index (χ4v) is 1.85. The lowest BCUT2D eigenvalue weighted by Gasteiger charge is -2.16. The normalized spacial score (nSPS) is 11.8. The van der Waals surface area contributed by atoms with Crippen LogP contribution in [0.3, 0.4) is 0 Å². The standard InChI is InChI=1S/C16H16FNO4/c1-10(15(19)18(2)3)21-16(20)14-9-8-13(22-14)11-4-6-12(17)7-5-11/h4-10H,1-3H3. The molecule has 1 atom stereocenters. The zero-order chi connectivity index (χ0) is 16.3. The third-order valence-corrected chi connectivity index (χ3v) is 3.01. The summed E-state index contributed by atoms with van der Waals surface area (Å²) in [6, 6.07) is 8.72. The predicted molar refractivity (Wildman–Crippen MR) is 77.7 cm³/mol. The summed E-state index contributed by atoms with van der Waals surface area (Å²) < 4.78 is 23.3. The van der Waals surface area contributed by atoms with E-state index in [0.29, 0.717) is 11.3 Å². The second-order valence-corrected chi connectivity index (χ2v) is 4.95. The summed E-state index contributed by atoms with van der Waals surface area (Å²) in [5.74, 6) is -1.00. The second kappa shape index (κ2) is 6.43. The van der Waals surface area contributed by atoms with Crippen LogP contribution in [0.25, 0.3) is 11.3 Å². The van der Waals surface area contributed by atoms with Gasteiger partial charge in [0.15, 0.2) is 6.10 Å². The summed E-state index contributed by atoms with van der Waals surface area (Å²) in [6.07, 6.45) is -0.901. The Bertz CT molecular complexity index is 676. The van der Waals surface area contributed by atoms with Crippen molar-refractivity contribution in [1.82, 2.24) is 4.90 Å². The van der Waals surface area contributed by atoms with Gasteiger partial charge in [-0.05, 0) is 43.3 Å². The molecule has 0 fully saturated rings. The summed E-state index contributed by atoms with van der Waals surface area (Å²) in [4.78, 5) is 24.9. The molecule has 22 heavy (non-hydrogen) atoms. The Hall–Kier alpha value is -2.63. The van der Waals surface area contributed by atoms with E-state index in [1.165, 1.54) is 30.0 Å². The summed E-state index contributed by atoms with van der Waals surface area (Å²) in [7, 11) is 3.15. The molecule has 1 heterocycles. The van der Waals surface area contributed by atoms with E-state index in [1.54, 1.807) is 32.3 Å². The topological polar surface area (TPSA) is 59.8 Å². The SMILES string of the molecule is CC(OC(=O)c1ccc(-c2ccc(F)cc2)o1)C(=O)N(C)C. The van der Waals surface area contributed by atoms with Gasteiger partial charge < -0.3 is 14.1 Å². The van der Waals surface area contributed by atoms with E-state index in [9.17, 15) is 14.0 Å². The molecule has 2 rings (SSSR count). The number of hydrogen-bond donors (Lipinski definition) is 0. The molecule has 5 nitrogen and oxygen atoms in total. The Balaban J connectivity index is 2.09. The van der Waals surface area contributed by atoms with Crippen LogP contribution in [0.4, 0.5) is 4.39 Å². The van der Waals surface area contributed by atoms with E-state index in [-0.39, 0.29) is 17.5 Å². The Kier molecular flexibility index (Phi) is 4.60. The van der Waals surface area contributed by atoms with E-state index in [2.05, 4.69) is 0 Å². The molecule has 1 aromatic carbocycles. The Morgan fingerprint density at radius 1 is 1.14 bits per heavy atom. The van der Waals surface area contributed by atoms with Gasteiger partial charge >= 0.3 is 5.97 Å². The smallest absolute Gasteiger partial charge is 0.375 e. The summed E-state index contributed by atoms with van der Waals surface area (Å²) in [5.41, 5.74) is 0.637. The highest BCUT2D eigenvalue weighted by Gasteiger charge is 2.22. The molecule has 1 aromatic heterocycles. The van der Waals surface area contributed by atoms with Crippen molar-refractivity contribution >= 4 is 11.9 Å². The Labute approximate surface area is 127 Å². The lowest BCUT2D eigenvalue weighted by atomic mass is 10.2. The molecule has 2 aromatic rings. The van der Waals surface area contributed by atoms with Gasteiger partial charge in [0.1, 0.15) is 11.6 Å². The zero-order valence-electron chi connectivity index (χ0n) is 12.5. The van der Waals surface area contributed by atoms with Crippen LogP contribution in [0.15, 0.2) is 40.8 Å². The average molecular weight is 305 g/mol. The van der Waals surface area contributed by atoms with Crippen molar-refractivity contribution in [3.05, 3.63) is 48.0 Å². The third kappa shape index (κ3) is 3.52. The van der Waals surface area contributed by atoms with Gasteiger partial charge in [-0.1, -0.05) is 0 Å². The van der Waals surface area contributed by atoms with Gasteiger partial charge in [0, 0.05) is 19.7 Å². The molecular weight excluding hydrogens is 289 g/mol. The van der Waals surface area contributed by atoms with Gasteiger partial charge in [-0.2, -0.15) is 0 Å². The Morgan fingerprint density at radius 2 is 1.77 bits per heavy atom. The first-order valence-electron chi connectivity index (χ1n) is 6.66. The molecular formula is C16H16FNO4. The largest absolute Gasteiger partial charge is 0.449 e. The van der Waals surface area contributed by atoms with Crippen LogP contribution in [0.1, 0.15) is 17.5 Å². The molecule has 6 heteroatoms. The quantitative estimate of drug-likeness (QED) is 0.815. The number of amides is 1. The van der Waals surface area contributed by atoms with Crippen molar-refractivity contribution in [2.45, 2.75) is 13.0 Å². The third-order valence-electron chi connectivity index (χ3n) is 3.01. The average Bonchev–Trinajstić information content (AvgIpc) is 2.96. The zero-order valence-corrected chi connectivity index (χ0v) is 12.5. The number of carbonyl (C=O) groups excluding carboxylic acids is 2. The van der Waals surface area contributed by atoms with Crippen molar-refractivity contribution in [2.24, 2.45) is 0 Å². The molecule has 0 saturated heterocycles. The van der Waals surface area contributed by atoms with E-state index in [4.69, 9.17) is 9.15 Å². The number of ether oxygens (including phenoxy) is 1. The molecule has 0 radical (unpaired) electrons. The highest BCUT2D eigenvalue weighted by atomic mass is 19.1. The van der Waals surface area contributed by atoms with Gasteiger partial charge in [0.25, 0.3) is 5.91 Å². The van der Waals surface area contributed by atoms with Crippen LogP contribution in [-0.4, -0.2) is 37.0 Å². The summed E-state index contributed by atoms with van der Waals surface area (Å²) in [6.45, 7) is 1.49. The lowest BCUT2D eigenvalue weighted by Crippen LogP contribution is -2.34. The van der Waals surface area contributed by atoms with Gasteiger partial charge in [0.05, 0.1) is 0 Å².